The van der Waals surface area contributed by atoms with E-state index in [9.17, 15) is 9.18 Å². The van der Waals surface area contributed by atoms with Gasteiger partial charge >= 0.3 is 0 Å². The van der Waals surface area contributed by atoms with Crippen LogP contribution < -0.4 is 10.2 Å². The Kier molecular flexibility index (Phi) is 4.31. The summed E-state index contributed by atoms with van der Waals surface area (Å²) in [6.07, 6.45) is 0.554. The van der Waals surface area contributed by atoms with Crippen molar-refractivity contribution in [1.82, 2.24) is 5.32 Å². The SMILES string of the molecule is CC1(C)C(=O)C(Cc2cccc(F)c2)c2cccc(N3CCNCC3)c21. The molecule has 1 unspecified atom stereocenters. The third-order valence-electron chi connectivity index (χ3n) is 5.79. The molecule has 2 aromatic carbocycles. The van der Waals surface area contributed by atoms with Crippen molar-refractivity contribution in [3.63, 3.8) is 0 Å². The average molecular weight is 352 g/mol. The van der Waals surface area contributed by atoms with E-state index in [1.54, 1.807) is 12.1 Å². The second kappa shape index (κ2) is 6.51. The molecule has 1 fully saturated rings. The van der Waals surface area contributed by atoms with Gasteiger partial charge in [-0.05, 0) is 55.2 Å². The van der Waals surface area contributed by atoms with Crippen molar-refractivity contribution in [3.05, 3.63) is 65.0 Å². The summed E-state index contributed by atoms with van der Waals surface area (Å²) in [4.78, 5) is 15.7. The number of Topliss-reactive ketones (excluding diaryl/α,β-unsaturated/α-hetero) is 1. The van der Waals surface area contributed by atoms with E-state index in [-0.39, 0.29) is 17.5 Å². The molecule has 0 bridgehead atoms. The lowest BCUT2D eigenvalue weighted by Gasteiger charge is -2.33. The van der Waals surface area contributed by atoms with Gasteiger partial charge < -0.3 is 10.2 Å². The number of hydrogen-bond donors (Lipinski definition) is 1. The van der Waals surface area contributed by atoms with Crippen LogP contribution in [0.1, 0.15) is 36.5 Å². The molecule has 0 spiro atoms. The van der Waals surface area contributed by atoms with Crippen molar-refractivity contribution >= 4 is 11.5 Å². The number of piperazine rings is 1. The maximum Gasteiger partial charge on any atom is 0.150 e. The van der Waals surface area contributed by atoms with Crippen LogP contribution in [0, 0.1) is 5.82 Å². The minimum absolute atomic E-state index is 0.204. The largest absolute Gasteiger partial charge is 0.369 e. The number of benzene rings is 2. The van der Waals surface area contributed by atoms with Crippen molar-refractivity contribution in [1.29, 1.82) is 0 Å². The second-order valence-corrected chi connectivity index (χ2v) is 7.85. The highest BCUT2D eigenvalue weighted by Gasteiger charge is 2.47. The highest BCUT2D eigenvalue weighted by Crippen LogP contribution is 2.48. The van der Waals surface area contributed by atoms with Gasteiger partial charge in [0.05, 0.1) is 5.41 Å². The molecule has 3 nitrogen and oxygen atoms in total. The van der Waals surface area contributed by atoms with Crippen molar-refractivity contribution in [2.45, 2.75) is 31.6 Å². The summed E-state index contributed by atoms with van der Waals surface area (Å²) in [6, 6.07) is 12.9. The third-order valence-corrected chi connectivity index (χ3v) is 5.79. The predicted octanol–water partition coefficient (Wildman–Crippen LogP) is 3.42. The van der Waals surface area contributed by atoms with Gasteiger partial charge in [0.1, 0.15) is 5.82 Å². The molecule has 2 aromatic rings. The summed E-state index contributed by atoms with van der Waals surface area (Å²) in [5, 5.41) is 3.38. The summed E-state index contributed by atoms with van der Waals surface area (Å²) in [7, 11) is 0. The van der Waals surface area contributed by atoms with Crippen LogP contribution in [-0.4, -0.2) is 32.0 Å². The minimum Gasteiger partial charge on any atom is -0.369 e. The first-order chi connectivity index (χ1) is 12.5. The average Bonchev–Trinajstić information content (AvgIpc) is 2.83. The Morgan fingerprint density at radius 1 is 1.15 bits per heavy atom. The van der Waals surface area contributed by atoms with E-state index < -0.39 is 5.41 Å². The summed E-state index contributed by atoms with van der Waals surface area (Å²) in [5.74, 6) is -0.217. The summed E-state index contributed by atoms with van der Waals surface area (Å²) >= 11 is 0. The molecular formula is C22H25FN2O. The highest BCUT2D eigenvalue weighted by molar-refractivity contribution is 6.02. The first-order valence-electron chi connectivity index (χ1n) is 9.36. The van der Waals surface area contributed by atoms with Crippen molar-refractivity contribution < 1.29 is 9.18 Å². The Balaban J connectivity index is 1.75. The molecule has 2 aliphatic rings. The molecule has 0 aromatic heterocycles. The summed E-state index contributed by atoms with van der Waals surface area (Å²) in [5.41, 5.74) is 3.81. The van der Waals surface area contributed by atoms with E-state index in [0.717, 1.165) is 42.9 Å². The number of hydrogen-bond acceptors (Lipinski definition) is 3. The molecule has 1 aliphatic heterocycles. The van der Waals surface area contributed by atoms with Gasteiger partial charge in [0, 0.05) is 37.8 Å². The molecule has 4 rings (SSSR count). The van der Waals surface area contributed by atoms with Gasteiger partial charge in [0.25, 0.3) is 0 Å². The number of rotatable bonds is 3. The second-order valence-electron chi connectivity index (χ2n) is 7.85. The molecule has 136 valence electrons. The maximum absolute atomic E-state index is 13.6. The van der Waals surface area contributed by atoms with Gasteiger partial charge in [-0.25, -0.2) is 4.39 Å². The molecule has 0 radical (unpaired) electrons. The lowest BCUT2D eigenvalue weighted by Crippen LogP contribution is -2.44. The first-order valence-corrected chi connectivity index (χ1v) is 9.36. The Labute approximate surface area is 154 Å². The quantitative estimate of drug-likeness (QED) is 0.919. The lowest BCUT2D eigenvalue weighted by molar-refractivity contribution is -0.123. The van der Waals surface area contributed by atoms with E-state index in [2.05, 4.69) is 28.4 Å². The number of fused-ring (bicyclic) bond motifs is 1. The van der Waals surface area contributed by atoms with E-state index in [1.165, 1.54) is 11.8 Å². The summed E-state index contributed by atoms with van der Waals surface area (Å²) in [6.45, 7) is 7.90. The molecule has 1 N–H and O–H groups in total. The van der Waals surface area contributed by atoms with Crippen molar-refractivity contribution in [2.24, 2.45) is 0 Å². The Hall–Kier alpha value is -2.20. The number of nitrogens with zero attached hydrogens (tertiary/aromatic N) is 1. The molecule has 0 amide bonds. The number of ketones is 1. The Morgan fingerprint density at radius 3 is 2.62 bits per heavy atom. The molecule has 26 heavy (non-hydrogen) atoms. The highest BCUT2D eigenvalue weighted by atomic mass is 19.1. The van der Waals surface area contributed by atoms with Crippen LogP contribution in [0.4, 0.5) is 10.1 Å². The summed E-state index contributed by atoms with van der Waals surface area (Å²) < 4.78 is 13.6. The maximum atomic E-state index is 13.6. The molecular weight excluding hydrogens is 327 g/mol. The lowest BCUT2D eigenvalue weighted by atomic mass is 9.83. The Bertz CT molecular complexity index is 840. The van der Waals surface area contributed by atoms with Gasteiger partial charge in [0.2, 0.25) is 0 Å². The standard InChI is InChI=1S/C22H25FN2O/c1-22(2)20-17(7-4-8-19(20)25-11-9-24-10-12-25)18(21(22)26)14-15-5-3-6-16(23)13-15/h3-8,13,18,24H,9-12,14H2,1-2H3. The van der Waals surface area contributed by atoms with E-state index >= 15 is 0 Å². The smallest absolute Gasteiger partial charge is 0.150 e. The van der Waals surface area contributed by atoms with Gasteiger partial charge in [-0.15, -0.1) is 0 Å². The predicted molar refractivity (Wildman–Crippen MR) is 102 cm³/mol. The topological polar surface area (TPSA) is 32.3 Å². The molecule has 1 aliphatic carbocycles. The van der Waals surface area contributed by atoms with Gasteiger partial charge in [-0.3, -0.25) is 4.79 Å². The van der Waals surface area contributed by atoms with Crippen LogP contribution in [0.15, 0.2) is 42.5 Å². The van der Waals surface area contributed by atoms with E-state index in [0.29, 0.717) is 6.42 Å². The van der Waals surface area contributed by atoms with E-state index in [4.69, 9.17) is 0 Å². The zero-order chi connectivity index (χ0) is 18.3. The Morgan fingerprint density at radius 2 is 1.88 bits per heavy atom. The van der Waals surface area contributed by atoms with E-state index in [1.807, 2.05) is 19.9 Å². The van der Waals surface area contributed by atoms with Gasteiger partial charge in [-0.1, -0.05) is 24.3 Å². The zero-order valence-corrected chi connectivity index (χ0v) is 15.4. The number of anilines is 1. The molecule has 1 heterocycles. The number of carbonyl (C=O) groups is 1. The molecule has 1 saturated heterocycles. The van der Waals surface area contributed by atoms with Crippen LogP contribution in [0.5, 0.6) is 0 Å². The molecule has 0 saturated carbocycles. The van der Waals surface area contributed by atoms with Gasteiger partial charge in [-0.2, -0.15) is 0 Å². The fourth-order valence-electron chi connectivity index (χ4n) is 4.50. The van der Waals surface area contributed by atoms with Crippen LogP contribution in [0.3, 0.4) is 0 Å². The van der Waals surface area contributed by atoms with Crippen LogP contribution in [0.25, 0.3) is 0 Å². The molecule has 1 atom stereocenters. The fraction of sp³-hybridized carbons (Fsp3) is 0.409. The van der Waals surface area contributed by atoms with Crippen LogP contribution in [0.2, 0.25) is 0 Å². The van der Waals surface area contributed by atoms with Crippen LogP contribution in [-0.2, 0) is 16.6 Å². The minimum atomic E-state index is -0.519. The monoisotopic (exact) mass is 352 g/mol. The third kappa shape index (κ3) is 2.82. The normalized spacial score (nSPS) is 21.7. The fourth-order valence-corrected chi connectivity index (χ4v) is 4.50. The number of nitrogens with one attached hydrogen (secondary N) is 1. The zero-order valence-electron chi connectivity index (χ0n) is 15.4. The number of carbonyl (C=O) groups excluding carboxylic acids is 1. The van der Waals surface area contributed by atoms with Crippen LogP contribution >= 0.6 is 0 Å². The molecule has 4 heteroatoms. The number of halogens is 1. The van der Waals surface area contributed by atoms with Gasteiger partial charge in [0.15, 0.2) is 5.78 Å². The van der Waals surface area contributed by atoms with Crippen molar-refractivity contribution in [3.8, 4) is 0 Å². The first kappa shape index (κ1) is 17.2. The van der Waals surface area contributed by atoms with Crippen molar-refractivity contribution in [2.75, 3.05) is 31.1 Å².